The molecular weight excluding hydrogens is 675 g/mol. The minimum Gasteiger partial charge on any atom is -0.355 e. The van der Waals surface area contributed by atoms with Crippen LogP contribution in [0.15, 0.2) is 69.5 Å². The summed E-state index contributed by atoms with van der Waals surface area (Å²) in [6, 6.07) is 10.7. The van der Waals surface area contributed by atoms with Gasteiger partial charge in [-0.1, -0.05) is 21.6 Å². The Kier molecular flexibility index (Phi) is 10.6. The molecule has 4 amide bonds. The lowest BCUT2D eigenvalue weighted by molar-refractivity contribution is 0.0928. The van der Waals surface area contributed by atoms with Gasteiger partial charge in [0.05, 0.1) is 28.8 Å². The van der Waals surface area contributed by atoms with Gasteiger partial charge in [-0.2, -0.15) is 0 Å². The summed E-state index contributed by atoms with van der Waals surface area (Å²) in [4.78, 5) is 56.1. The number of H-pyrrole nitrogens is 1. The SMILES string of the molecule is O=C(NCCCNC(=O)c1cc(-c2cccs2)on1)c1cn(Cc2ccc(-c3cc(C(=O)NCCCNC(=O)c4cnn[nH]4)no3)s2)cn1. The van der Waals surface area contributed by atoms with Crippen molar-refractivity contribution in [1.82, 2.24) is 56.5 Å². The van der Waals surface area contributed by atoms with Gasteiger partial charge in [0.2, 0.25) is 0 Å². The summed E-state index contributed by atoms with van der Waals surface area (Å²) in [5, 5.41) is 30.2. The second-order valence-corrected chi connectivity index (χ2v) is 12.5. The number of nitrogens with zero attached hydrogens (tertiary/aromatic N) is 6. The van der Waals surface area contributed by atoms with Crippen LogP contribution in [0.5, 0.6) is 0 Å². The zero-order valence-corrected chi connectivity index (χ0v) is 27.3. The Morgan fingerprint density at radius 3 is 2.02 bits per heavy atom. The van der Waals surface area contributed by atoms with E-state index >= 15 is 0 Å². The van der Waals surface area contributed by atoms with Crippen LogP contribution in [0.4, 0.5) is 0 Å². The van der Waals surface area contributed by atoms with Crippen molar-refractivity contribution in [3.63, 3.8) is 0 Å². The number of aromatic nitrogens is 7. The van der Waals surface area contributed by atoms with E-state index in [0.29, 0.717) is 57.1 Å². The summed E-state index contributed by atoms with van der Waals surface area (Å²) in [5.74, 6) is -0.396. The maximum atomic E-state index is 12.6. The van der Waals surface area contributed by atoms with E-state index in [1.807, 2.05) is 29.6 Å². The molecule has 6 aromatic rings. The van der Waals surface area contributed by atoms with Crippen molar-refractivity contribution < 1.29 is 28.2 Å². The lowest BCUT2D eigenvalue weighted by Crippen LogP contribution is -2.30. The highest BCUT2D eigenvalue weighted by molar-refractivity contribution is 7.15. The van der Waals surface area contributed by atoms with Crippen molar-refractivity contribution in [2.45, 2.75) is 19.4 Å². The molecule has 6 rings (SSSR count). The van der Waals surface area contributed by atoms with Gasteiger partial charge in [-0.15, -0.1) is 27.8 Å². The van der Waals surface area contributed by atoms with Crippen LogP contribution in [-0.4, -0.2) is 85.1 Å². The minimum absolute atomic E-state index is 0.142. The van der Waals surface area contributed by atoms with Gasteiger partial charge in [0, 0.05) is 49.4 Å². The van der Waals surface area contributed by atoms with Gasteiger partial charge in [-0.25, -0.2) is 4.98 Å². The second kappa shape index (κ2) is 15.8. The normalized spacial score (nSPS) is 10.9. The third-order valence-corrected chi connectivity index (χ3v) is 8.84. The molecule has 19 heteroatoms. The summed E-state index contributed by atoms with van der Waals surface area (Å²) in [7, 11) is 0. The first kappa shape index (κ1) is 33.0. The number of imidazole rings is 1. The number of nitrogens with one attached hydrogen (secondary N) is 5. The third-order valence-electron chi connectivity index (χ3n) is 6.87. The predicted octanol–water partition coefficient (Wildman–Crippen LogP) is 2.58. The quantitative estimate of drug-likeness (QED) is 0.0921. The highest BCUT2D eigenvalue weighted by Gasteiger charge is 2.17. The first-order chi connectivity index (χ1) is 23.9. The van der Waals surface area contributed by atoms with Crippen molar-refractivity contribution in [1.29, 1.82) is 0 Å². The maximum Gasteiger partial charge on any atom is 0.273 e. The number of carbonyl (C=O) groups excluding carboxylic acids is 4. The van der Waals surface area contributed by atoms with Gasteiger partial charge in [0.1, 0.15) is 11.4 Å². The molecule has 0 atom stereocenters. The average Bonchev–Trinajstić information content (AvgIpc) is 3.95. The molecule has 0 aliphatic carbocycles. The van der Waals surface area contributed by atoms with Crippen LogP contribution in [0, 0.1) is 0 Å². The fourth-order valence-electron chi connectivity index (χ4n) is 4.41. The fraction of sp³-hybridized carbons (Fsp3) is 0.233. The van der Waals surface area contributed by atoms with Crippen LogP contribution < -0.4 is 21.3 Å². The maximum absolute atomic E-state index is 12.6. The summed E-state index contributed by atoms with van der Waals surface area (Å²) >= 11 is 2.95. The van der Waals surface area contributed by atoms with Crippen molar-refractivity contribution in [3.8, 4) is 21.3 Å². The largest absolute Gasteiger partial charge is 0.355 e. The van der Waals surface area contributed by atoms with E-state index in [1.54, 1.807) is 29.2 Å². The first-order valence-electron chi connectivity index (χ1n) is 15.0. The molecule has 17 nitrogen and oxygen atoms in total. The molecule has 0 saturated heterocycles. The van der Waals surface area contributed by atoms with Gasteiger partial charge < -0.3 is 34.9 Å². The van der Waals surface area contributed by atoms with Gasteiger partial charge >= 0.3 is 0 Å². The smallest absolute Gasteiger partial charge is 0.273 e. The van der Waals surface area contributed by atoms with Crippen molar-refractivity contribution in [3.05, 3.63) is 88.2 Å². The van der Waals surface area contributed by atoms with Crippen LogP contribution in [-0.2, 0) is 6.54 Å². The predicted molar refractivity (Wildman–Crippen MR) is 176 cm³/mol. The zero-order valence-electron chi connectivity index (χ0n) is 25.7. The Labute approximate surface area is 285 Å². The fourth-order valence-corrected chi connectivity index (χ4v) is 6.05. The molecule has 0 radical (unpaired) electrons. The molecule has 5 N–H and O–H groups in total. The molecule has 0 bridgehead atoms. The Morgan fingerprint density at radius 1 is 0.776 bits per heavy atom. The third kappa shape index (κ3) is 8.70. The van der Waals surface area contributed by atoms with Crippen molar-refractivity contribution in [2.75, 3.05) is 26.2 Å². The zero-order chi connectivity index (χ0) is 34.0. The monoisotopic (exact) mass is 703 g/mol. The van der Waals surface area contributed by atoms with Gasteiger partial charge in [-0.05, 0) is 36.4 Å². The molecule has 6 aromatic heterocycles. The minimum atomic E-state index is -0.389. The lowest BCUT2D eigenvalue weighted by Gasteiger charge is -2.04. The molecule has 0 spiro atoms. The lowest BCUT2D eigenvalue weighted by atomic mass is 10.3. The highest BCUT2D eigenvalue weighted by Crippen LogP contribution is 2.29. The summed E-state index contributed by atoms with van der Waals surface area (Å²) < 4.78 is 12.4. The number of rotatable bonds is 16. The Balaban J connectivity index is 0.887. The molecule has 6 heterocycles. The number of amides is 4. The summed E-state index contributed by atoms with van der Waals surface area (Å²) in [5.41, 5.74) is 0.869. The first-order valence-corrected chi connectivity index (χ1v) is 16.7. The Hall–Kier alpha value is -5.95. The van der Waals surface area contributed by atoms with Crippen LogP contribution in [0.25, 0.3) is 21.3 Å². The summed E-state index contributed by atoms with van der Waals surface area (Å²) in [6.07, 6.45) is 5.59. The van der Waals surface area contributed by atoms with Gasteiger partial charge in [0.15, 0.2) is 22.9 Å². The Bertz CT molecular complexity index is 2010. The van der Waals surface area contributed by atoms with Crippen molar-refractivity contribution in [2.24, 2.45) is 0 Å². The van der Waals surface area contributed by atoms with Gasteiger partial charge in [0.25, 0.3) is 23.6 Å². The van der Waals surface area contributed by atoms with E-state index in [0.717, 1.165) is 14.6 Å². The van der Waals surface area contributed by atoms with Crippen LogP contribution >= 0.6 is 22.7 Å². The average molecular weight is 704 g/mol. The van der Waals surface area contributed by atoms with Crippen molar-refractivity contribution >= 4 is 46.3 Å². The number of thiophene rings is 2. The highest BCUT2D eigenvalue weighted by atomic mass is 32.1. The summed E-state index contributed by atoms with van der Waals surface area (Å²) in [6.45, 7) is 1.85. The van der Waals surface area contributed by atoms with E-state index in [9.17, 15) is 19.2 Å². The van der Waals surface area contributed by atoms with E-state index in [1.165, 1.54) is 28.9 Å². The molecule has 0 aliphatic rings. The molecule has 0 unspecified atom stereocenters. The van der Waals surface area contributed by atoms with E-state index in [2.05, 4.69) is 52.0 Å². The van der Waals surface area contributed by atoms with Gasteiger partial charge in [-0.3, -0.25) is 24.3 Å². The number of aromatic amines is 1. The topological polar surface area (TPSA) is 228 Å². The molecule has 0 fully saturated rings. The molecule has 252 valence electrons. The molecular formula is C30H29N11O6S2. The number of hydrogen-bond donors (Lipinski definition) is 5. The van der Waals surface area contributed by atoms with E-state index in [4.69, 9.17) is 9.05 Å². The molecule has 49 heavy (non-hydrogen) atoms. The number of hydrogen-bond acceptors (Lipinski definition) is 13. The molecule has 0 aromatic carbocycles. The van der Waals surface area contributed by atoms with E-state index in [-0.39, 0.29) is 46.4 Å². The standard InChI is InChI=1S/C30H29N11O6S2/c42-27(19-12-23(46-38-19)25-4-1-11-48-25)31-8-3-10-34-30(45)22-16-41(17-35-22)15-18-5-6-26(49-18)24-13-20(39-47-24)28(43)32-7-2-9-33-29(44)21-14-36-40-37-21/h1,4-6,11-14,16-17H,2-3,7-10,15H2,(H,31,42)(H,32,43)(H,33,44)(H,34,45)(H,36,37,40). The van der Waals surface area contributed by atoms with Crippen LogP contribution in [0.3, 0.4) is 0 Å². The van der Waals surface area contributed by atoms with E-state index < -0.39 is 0 Å². The molecule has 0 aliphatic heterocycles. The Morgan fingerprint density at radius 2 is 1.41 bits per heavy atom. The van der Waals surface area contributed by atoms with Crippen LogP contribution in [0.1, 0.15) is 59.7 Å². The second-order valence-electron chi connectivity index (χ2n) is 10.4. The van der Waals surface area contributed by atoms with Crippen LogP contribution in [0.2, 0.25) is 0 Å². The molecule has 0 saturated carbocycles. The number of carbonyl (C=O) groups is 4.